The molecule has 3 rings (SSSR count). The van der Waals surface area contributed by atoms with Crippen LogP contribution in [0.3, 0.4) is 0 Å². The molecule has 96 valence electrons. The van der Waals surface area contributed by atoms with Gasteiger partial charge < -0.3 is 0 Å². The number of hydrogen-bond acceptors (Lipinski definition) is 2. The van der Waals surface area contributed by atoms with Crippen molar-refractivity contribution in [3.63, 3.8) is 0 Å². The maximum Gasteiger partial charge on any atom is 0.155 e. The highest BCUT2D eigenvalue weighted by Gasteiger charge is 2.09. The van der Waals surface area contributed by atoms with Gasteiger partial charge in [0.25, 0.3) is 0 Å². The molecule has 0 atom stereocenters. The molecule has 4 heteroatoms. The fraction of sp³-hybridized carbons (Fsp3) is 0.200. The van der Waals surface area contributed by atoms with Crippen LogP contribution in [0.2, 0.25) is 0 Å². The van der Waals surface area contributed by atoms with Gasteiger partial charge in [0.05, 0.1) is 5.69 Å². The molecule has 2 aromatic heterocycles. The molecule has 1 aromatic carbocycles. The van der Waals surface area contributed by atoms with Crippen LogP contribution in [0, 0.1) is 25.4 Å². The number of rotatable bonds is 1. The Balaban J connectivity index is 2.32. The molecule has 2 heterocycles. The molecule has 0 aliphatic rings. The lowest BCUT2D eigenvalue weighted by atomic mass is 10.1. The van der Waals surface area contributed by atoms with E-state index >= 15 is 0 Å². The first-order valence-electron chi connectivity index (χ1n) is 6.23. The normalized spacial score (nSPS) is 11.1. The minimum Gasteiger partial charge on any atom is -0.291 e. The molecular weight excluding hydrogens is 254 g/mol. The van der Waals surface area contributed by atoms with Crippen molar-refractivity contribution in [2.24, 2.45) is 0 Å². The molecule has 0 aliphatic heterocycles. The van der Waals surface area contributed by atoms with Gasteiger partial charge in [-0.25, -0.2) is 9.50 Å². The number of benzene rings is 1. The van der Waals surface area contributed by atoms with E-state index in [2.05, 4.69) is 29.1 Å². The van der Waals surface area contributed by atoms with E-state index < -0.39 is 0 Å². The molecule has 0 spiro atoms. The third-order valence-electron chi connectivity index (χ3n) is 3.52. The van der Waals surface area contributed by atoms with Crippen LogP contribution in [0.4, 0.5) is 0 Å². The monoisotopic (exact) mass is 269 g/mol. The predicted octanol–water partition coefficient (Wildman–Crippen LogP) is 3.98. The van der Waals surface area contributed by atoms with E-state index in [0.717, 1.165) is 27.2 Å². The van der Waals surface area contributed by atoms with E-state index in [9.17, 15) is 0 Å². The molecule has 0 amide bonds. The van der Waals surface area contributed by atoms with Crippen molar-refractivity contribution in [3.8, 4) is 11.3 Å². The van der Waals surface area contributed by atoms with Gasteiger partial charge >= 0.3 is 0 Å². The summed E-state index contributed by atoms with van der Waals surface area (Å²) < 4.78 is 2.67. The van der Waals surface area contributed by atoms with Crippen molar-refractivity contribution < 1.29 is 0 Å². The highest BCUT2D eigenvalue weighted by Crippen LogP contribution is 2.23. The summed E-state index contributed by atoms with van der Waals surface area (Å²) in [5, 5.41) is 3.34. The smallest absolute Gasteiger partial charge is 0.155 e. The second-order valence-electron chi connectivity index (χ2n) is 4.81. The van der Waals surface area contributed by atoms with Crippen LogP contribution >= 0.6 is 12.2 Å². The Labute approximate surface area is 116 Å². The number of nitrogens with one attached hydrogen (secondary N) is 1. The van der Waals surface area contributed by atoms with E-state index in [4.69, 9.17) is 12.2 Å². The summed E-state index contributed by atoms with van der Waals surface area (Å²) in [4.78, 5) is 4.58. The average Bonchev–Trinajstić information content (AvgIpc) is 2.80. The van der Waals surface area contributed by atoms with E-state index in [-0.39, 0.29) is 0 Å². The Morgan fingerprint density at radius 1 is 1.16 bits per heavy atom. The highest BCUT2D eigenvalue weighted by atomic mass is 32.1. The fourth-order valence-corrected chi connectivity index (χ4v) is 2.52. The van der Waals surface area contributed by atoms with E-state index in [0.29, 0.717) is 0 Å². The number of aryl methyl sites for hydroxylation is 2. The van der Waals surface area contributed by atoms with E-state index in [1.54, 1.807) is 0 Å². The SMILES string of the molecule is Cc1ccccc1-c1cc2nc(C)c(C)c(=S)n2[nH]1. The first-order chi connectivity index (χ1) is 9.08. The minimum atomic E-state index is 0.794. The average molecular weight is 269 g/mol. The highest BCUT2D eigenvalue weighted by molar-refractivity contribution is 7.71. The van der Waals surface area contributed by atoms with Crippen molar-refractivity contribution in [3.05, 3.63) is 51.8 Å². The quantitative estimate of drug-likeness (QED) is 0.678. The summed E-state index contributed by atoms with van der Waals surface area (Å²) in [5.41, 5.74) is 6.35. The van der Waals surface area contributed by atoms with Gasteiger partial charge in [-0.1, -0.05) is 36.5 Å². The molecule has 0 fully saturated rings. The zero-order valence-corrected chi connectivity index (χ0v) is 12.0. The maximum atomic E-state index is 5.47. The molecule has 19 heavy (non-hydrogen) atoms. The van der Waals surface area contributed by atoms with Crippen molar-refractivity contribution >= 4 is 17.9 Å². The molecule has 0 radical (unpaired) electrons. The summed E-state index contributed by atoms with van der Waals surface area (Å²) in [6.07, 6.45) is 0. The van der Waals surface area contributed by atoms with Crippen LogP contribution in [0.1, 0.15) is 16.8 Å². The first-order valence-corrected chi connectivity index (χ1v) is 6.64. The van der Waals surface area contributed by atoms with Gasteiger partial charge in [0.15, 0.2) is 5.65 Å². The summed E-state index contributed by atoms with van der Waals surface area (Å²) in [7, 11) is 0. The van der Waals surface area contributed by atoms with Crippen molar-refractivity contribution in [1.82, 2.24) is 14.6 Å². The Hall–Kier alpha value is -1.94. The summed E-state index contributed by atoms with van der Waals surface area (Å²) in [5.74, 6) is 0. The van der Waals surface area contributed by atoms with E-state index in [1.165, 1.54) is 11.1 Å². The van der Waals surface area contributed by atoms with Crippen molar-refractivity contribution in [2.75, 3.05) is 0 Å². The lowest BCUT2D eigenvalue weighted by Crippen LogP contribution is -1.98. The number of aromatic nitrogens is 3. The van der Waals surface area contributed by atoms with Crippen LogP contribution in [0.15, 0.2) is 30.3 Å². The van der Waals surface area contributed by atoms with Gasteiger partial charge in [0, 0.05) is 22.9 Å². The molecule has 3 nitrogen and oxygen atoms in total. The van der Waals surface area contributed by atoms with Crippen LogP contribution in [0.25, 0.3) is 16.9 Å². The summed E-state index contributed by atoms with van der Waals surface area (Å²) in [6.45, 7) is 6.10. The van der Waals surface area contributed by atoms with Crippen LogP contribution in [-0.4, -0.2) is 14.6 Å². The van der Waals surface area contributed by atoms with Gasteiger partial charge in [-0.2, -0.15) is 0 Å². The van der Waals surface area contributed by atoms with Crippen LogP contribution < -0.4 is 0 Å². The van der Waals surface area contributed by atoms with Crippen molar-refractivity contribution in [2.45, 2.75) is 20.8 Å². The van der Waals surface area contributed by atoms with Gasteiger partial charge in [0.2, 0.25) is 0 Å². The minimum absolute atomic E-state index is 0.794. The van der Waals surface area contributed by atoms with Gasteiger partial charge in [-0.15, -0.1) is 0 Å². The lowest BCUT2D eigenvalue weighted by molar-refractivity contribution is 0.902. The second kappa shape index (κ2) is 4.31. The zero-order valence-electron chi connectivity index (χ0n) is 11.2. The van der Waals surface area contributed by atoms with Gasteiger partial charge in [-0.3, -0.25) is 5.10 Å². The van der Waals surface area contributed by atoms with Gasteiger partial charge in [0.1, 0.15) is 4.64 Å². The number of fused-ring (bicyclic) bond motifs is 1. The Morgan fingerprint density at radius 3 is 2.63 bits per heavy atom. The maximum absolute atomic E-state index is 5.47. The first kappa shape index (κ1) is 12.1. The van der Waals surface area contributed by atoms with Crippen molar-refractivity contribution in [1.29, 1.82) is 0 Å². The summed E-state index contributed by atoms with van der Waals surface area (Å²) >= 11 is 5.47. The number of hydrogen-bond donors (Lipinski definition) is 1. The standard InChI is InChI=1S/C15H15N3S/c1-9-6-4-5-7-12(9)13-8-14-16-11(3)10(2)15(19)18(14)17-13/h4-8,17H,1-3H3. The molecule has 0 bridgehead atoms. The molecule has 0 aliphatic carbocycles. The Morgan fingerprint density at radius 2 is 1.89 bits per heavy atom. The molecule has 0 saturated heterocycles. The second-order valence-corrected chi connectivity index (χ2v) is 5.19. The molecule has 1 N–H and O–H groups in total. The van der Waals surface area contributed by atoms with Crippen LogP contribution in [0.5, 0.6) is 0 Å². The Bertz CT molecular complexity index is 827. The van der Waals surface area contributed by atoms with Crippen LogP contribution in [-0.2, 0) is 0 Å². The number of H-pyrrole nitrogens is 1. The molecule has 0 saturated carbocycles. The Kier molecular flexibility index (Phi) is 2.75. The third-order valence-corrected chi connectivity index (χ3v) is 4.01. The lowest BCUT2D eigenvalue weighted by Gasteiger charge is -2.02. The topological polar surface area (TPSA) is 33.1 Å². The van der Waals surface area contributed by atoms with E-state index in [1.807, 2.05) is 36.6 Å². The largest absolute Gasteiger partial charge is 0.291 e. The molecular formula is C15H15N3S. The number of aromatic amines is 1. The third kappa shape index (κ3) is 1.88. The fourth-order valence-electron chi connectivity index (χ4n) is 2.23. The number of nitrogens with zero attached hydrogens (tertiary/aromatic N) is 2. The van der Waals surface area contributed by atoms with Gasteiger partial charge in [-0.05, 0) is 26.3 Å². The molecule has 3 aromatic rings. The molecule has 0 unspecified atom stereocenters. The zero-order chi connectivity index (χ0) is 13.6. The predicted molar refractivity (Wildman–Crippen MR) is 80.0 cm³/mol. The summed E-state index contributed by atoms with van der Waals surface area (Å²) in [6, 6.07) is 10.3.